The summed E-state index contributed by atoms with van der Waals surface area (Å²) in [7, 11) is 0. The Morgan fingerprint density at radius 2 is 1.83 bits per heavy atom. The van der Waals surface area contributed by atoms with Crippen LogP contribution in [0, 0.1) is 11.8 Å². The number of rotatable bonds is 8. The van der Waals surface area contributed by atoms with Crippen LogP contribution < -0.4 is 16.0 Å². The molecule has 1 unspecified atom stereocenters. The van der Waals surface area contributed by atoms with Crippen LogP contribution in [0.15, 0.2) is 73.1 Å². The van der Waals surface area contributed by atoms with Gasteiger partial charge in [-0.15, -0.1) is 0 Å². The zero-order valence-electron chi connectivity index (χ0n) is 29.4. The number of hydrogen-bond acceptors (Lipinski definition) is 6. The third-order valence-electron chi connectivity index (χ3n) is 9.46. The fourth-order valence-electron chi connectivity index (χ4n) is 6.58. The van der Waals surface area contributed by atoms with Crippen molar-refractivity contribution >= 4 is 46.3 Å². The number of aromatic amines is 1. The normalized spacial score (nSPS) is 15.6. The molecule has 12 nitrogen and oxygen atoms in total. The van der Waals surface area contributed by atoms with E-state index in [0.29, 0.717) is 30.0 Å². The van der Waals surface area contributed by atoms with Gasteiger partial charge in [0.25, 0.3) is 5.91 Å². The molecular weight excluding hydrogens is 656 g/mol. The Labute approximate surface area is 301 Å². The lowest BCUT2D eigenvalue weighted by Gasteiger charge is -2.29. The maximum Gasteiger partial charge on any atom is 0.324 e. The molecule has 1 saturated heterocycles. The summed E-state index contributed by atoms with van der Waals surface area (Å²) in [6.45, 7) is 6.53. The SMILES string of the molecule is CC(C)(C)c1cc(NC(=O)Nc2ccc(-n3cnc4cc(CCCCC#Cc5cccc6c5CN(C5CCC(=O)NC5=O)C6=O)ccc43)cc2)n[nH]1. The first-order valence-corrected chi connectivity index (χ1v) is 17.5. The van der Waals surface area contributed by atoms with Crippen LogP contribution >= 0.6 is 0 Å². The van der Waals surface area contributed by atoms with E-state index in [1.165, 1.54) is 5.56 Å². The van der Waals surface area contributed by atoms with Gasteiger partial charge in [0.2, 0.25) is 11.8 Å². The summed E-state index contributed by atoms with van der Waals surface area (Å²) in [4.78, 5) is 55.8. The Hall–Kier alpha value is -6.22. The number of anilines is 2. The molecule has 3 aromatic carbocycles. The molecule has 0 aliphatic carbocycles. The molecule has 52 heavy (non-hydrogen) atoms. The van der Waals surface area contributed by atoms with Crippen LogP contribution in [-0.4, -0.2) is 54.4 Å². The van der Waals surface area contributed by atoms with Gasteiger partial charge in [-0.1, -0.05) is 44.7 Å². The Balaban J connectivity index is 0.902. The van der Waals surface area contributed by atoms with E-state index < -0.39 is 11.9 Å². The number of H-pyrrole nitrogens is 1. The molecule has 264 valence electrons. The maximum atomic E-state index is 13.1. The van der Waals surface area contributed by atoms with Crippen molar-refractivity contribution in [1.29, 1.82) is 0 Å². The molecular formula is C40H40N8O4. The Bertz CT molecular complexity index is 2250. The molecule has 5 aromatic rings. The Morgan fingerprint density at radius 3 is 2.60 bits per heavy atom. The number of imidazole rings is 1. The van der Waals surface area contributed by atoms with E-state index in [9.17, 15) is 19.2 Å². The number of piperidine rings is 1. The van der Waals surface area contributed by atoms with Crippen molar-refractivity contribution < 1.29 is 19.2 Å². The topological polar surface area (TPSA) is 154 Å². The first-order chi connectivity index (χ1) is 25.0. The fraction of sp³-hybridized carbons (Fsp3) is 0.300. The van der Waals surface area contributed by atoms with Gasteiger partial charge < -0.3 is 10.2 Å². The van der Waals surface area contributed by atoms with E-state index in [2.05, 4.69) is 81.9 Å². The largest absolute Gasteiger partial charge is 0.324 e. The number of carbonyl (C=O) groups excluding carboxylic acids is 4. The average molecular weight is 697 g/mol. The van der Waals surface area contributed by atoms with E-state index in [-0.39, 0.29) is 29.7 Å². The Morgan fingerprint density at radius 1 is 1.00 bits per heavy atom. The predicted octanol–water partition coefficient (Wildman–Crippen LogP) is 6.22. The van der Waals surface area contributed by atoms with Crippen LogP contribution in [0.1, 0.15) is 85.6 Å². The molecule has 2 aromatic heterocycles. The zero-order chi connectivity index (χ0) is 36.4. The second kappa shape index (κ2) is 14.2. The predicted molar refractivity (Wildman–Crippen MR) is 198 cm³/mol. The lowest BCUT2D eigenvalue weighted by atomic mass is 9.92. The smallest absolute Gasteiger partial charge is 0.322 e. The van der Waals surface area contributed by atoms with Crippen LogP contribution in [0.25, 0.3) is 16.7 Å². The van der Waals surface area contributed by atoms with Gasteiger partial charge in [-0.2, -0.15) is 5.10 Å². The van der Waals surface area contributed by atoms with Gasteiger partial charge in [-0.3, -0.25) is 34.7 Å². The highest BCUT2D eigenvalue weighted by atomic mass is 16.2. The lowest BCUT2D eigenvalue weighted by molar-refractivity contribution is -0.136. The van der Waals surface area contributed by atoms with Crippen LogP contribution in [0.4, 0.5) is 16.3 Å². The number of aromatic nitrogens is 4. The first-order valence-electron chi connectivity index (χ1n) is 17.5. The fourth-order valence-corrected chi connectivity index (χ4v) is 6.58. The summed E-state index contributed by atoms with van der Waals surface area (Å²) < 4.78 is 2.02. The highest BCUT2D eigenvalue weighted by Crippen LogP contribution is 2.30. The number of nitrogens with one attached hydrogen (secondary N) is 4. The van der Waals surface area contributed by atoms with E-state index >= 15 is 0 Å². The molecule has 12 heteroatoms. The third-order valence-corrected chi connectivity index (χ3v) is 9.46. The van der Waals surface area contributed by atoms with Crippen molar-refractivity contribution in [2.75, 3.05) is 10.6 Å². The summed E-state index contributed by atoms with van der Waals surface area (Å²) in [5.41, 5.74) is 7.75. The zero-order valence-corrected chi connectivity index (χ0v) is 29.4. The van der Waals surface area contributed by atoms with Crippen molar-refractivity contribution in [2.45, 2.75) is 77.3 Å². The minimum Gasteiger partial charge on any atom is -0.322 e. The molecule has 4 heterocycles. The summed E-state index contributed by atoms with van der Waals surface area (Å²) in [6, 6.07) is 20.3. The molecule has 0 radical (unpaired) electrons. The lowest BCUT2D eigenvalue weighted by Crippen LogP contribution is -2.52. The van der Waals surface area contributed by atoms with Crippen molar-refractivity contribution in [3.05, 3.63) is 101 Å². The molecule has 0 spiro atoms. The molecule has 2 aliphatic rings. The highest BCUT2D eigenvalue weighted by molar-refractivity contribution is 6.05. The summed E-state index contributed by atoms with van der Waals surface area (Å²) in [5, 5.41) is 15.1. The molecule has 7 rings (SSSR count). The van der Waals surface area contributed by atoms with Crippen LogP contribution in [0.2, 0.25) is 0 Å². The number of amides is 5. The molecule has 1 atom stereocenters. The summed E-state index contributed by atoms with van der Waals surface area (Å²) in [6.07, 6.45) is 5.88. The van der Waals surface area contributed by atoms with Gasteiger partial charge in [0.05, 0.1) is 11.0 Å². The third kappa shape index (κ3) is 7.30. The van der Waals surface area contributed by atoms with Crippen molar-refractivity contribution in [3.8, 4) is 17.5 Å². The number of imide groups is 1. The second-order valence-corrected chi connectivity index (χ2v) is 14.2. The number of unbranched alkanes of at least 4 members (excludes halogenated alkanes) is 2. The number of nitrogens with zero attached hydrogens (tertiary/aromatic N) is 4. The van der Waals surface area contributed by atoms with Gasteiger partial charge in [0.15, 0.2) is 5.82 Å². The summed E-state index contributed by atoms with van der Waals surface area (Å²) in [5.74, 6) is 6.08. The van der Waals surface area contributed by atoms with E-state index in [4.69, 9.17) is 0 Å². The molecule has 0 saturated carbocycles. The van der Waals surface area contributed by atoms with Gasteiger partial charge >= 0.3 is 6.03 Å². The number of hydrogen-bond donors (Lipinski definition) is 4. The van der Waals surface area contributed by atoms with E-state index in [0.717, 1.165) is 59.2 Å². The maximum absolute atomic E-state index is 13.1. The molecule has 4 N–H and O–H groups in total. The molecule has 5 amide bonds. The van der Waals surface area contributed by atoms with Crippen molar-refractivity contribution in [1.82, 2.24) is 30.0 Å². The standard InChI is InChI=1S/C40H40N8O4/c1-40(2,3)34-22-35(46-45-34)43-39(52)42-27-14-16-28(17-15-27)48-24-41-31-21-25(13-18-32(31)48)9-6-4-5-7-10-26-11-8-12-29-30(26)23-47(38(29)51)33-19-20-36(49)44-37(33)50/h8,11-18,21-22,24,33H,4-6,9,19-20,23H2,1-3H3,(H,44,49,50)(H3,42,43,45,46,52). The molecule has 2 aliphatic heterocycles. The van der Waals surface area contributed by atoms with Crippen LogP contribution in [0.3, 0.4) is 0 Å². The number of fused-ring (bicyclic) bond motifs is 2. The van der Waals surface area contributed by atoms with E-state index in [1.807, 2.05) is 53.4 Å². The quantitative estimate of drug-likeness (QED) is 0.0859. The van der Waals surface area contributed by atoms with Gasteiger partial charge in [-0.05, 0) is 85.3 Å². The second-order valence-electron chi connectivity index (χ2n) is 14.2. The van der Waals surface area contributed by atoms with Gasteiger partial charge in [0, 0.05) is 59.1 Å². The molecule has 0 bridgehead atoms. The van der Waals surface area contributed by atoms with Gasteiger partial charge in [-0.25, -0.2) is 9.78 Å². The minimum atomic E-state index is -0.640. The number of aryl methyl sites for hydroxylation is 1. The van der Waals surface area contributed by atoms with E-state index in [1.54, 1.807) is 11.0 Å². The number of benzene rings is 3. The average Bonchev–Trinajstić information content (AvgIpc) is 3.84. The highest BCUT2D eigenvalue weighted by Gasteiger charge is 2.39. The van der Waals surface area contributed by atoms with Gasteiger partial charge in [0.1, 0.15) is 12.4 Å². The van der Waals surface area contributed by atoms with Crippen molar-refractivity contribution in [3.63, 3.8) is 0 Å². The monoisotopic (exact) mass is 696 g/mol. The number of urea groups is 1. The Kier molecular flexibility index (Phi) is 9.34. The van der Waals surface area contributed by atoms with Crippen LogP contribution in [0.5, 0.6) is 0 Å². The molecule has 1 fully saturated rings. The minimum absolute atomic E-state index is 0.0977. The number of carbonyl (C=O) groups is 4. The summed E-state index contributed by atoms with van der Waals surface area (Å²) >= 11 is 0. The first kappa shape index (κ1) is 34.2. The van der Waals surface area contributed by atoms with Crippen LogP contribution in [-0.2, 0) is 28.0 Å². The van der Waals surface area contributed by atoms with Crippen molar-refractivity contribution in [2.24, 2.45) is 0 Å².